The highest BCUT2D eigenvalue weighted by Gasteiger charge is 2.04. The maximum atomic E-state index is 10.7. The smallest absolute Gasteiger partial charge is 0.192 e. The van der Waals surface area contributed by atoms with E-state index in [4.69, 9.17) is 0 Å². The van der Waals surface area contributed by atoms with E-state index >= 15 is 0 Å². The van der Waals surface area contributed by atoms with Crippen LogP contribution in [0.3, 0.4) is 0 Å². The van der Waals surface area contributed by atoms with Gasteiger partial charge in [0.05, 0.1) is 0 Å². The van der Waals surface area contributed by atoms with Gasteiger partial charge in [-0.05, 0) is 0 Å². The zero-order chi connectivity index (χ0) is 6.57. The van der Waals surface area contributed by atoms with Crippen LogP contribution >= 0.6 is 24.4 Å². The summed E-state index contributed by atoms with van der Waals surface area (Å²) in [5, 5.41) is 0.816. The summed E-state index contributed by atoms with van der Waals surface area (Å²) >= 11 is 5.16. The van der Waals surface area contributed by atoms with Crippen molar-refractivity contribution >= 4 is 29.5 Å². The zero-order valence-corrected chi connectivity index (χ0v) is 6.76. The molecule has 0 bridgehead atoms. The average Bonchev–Trinajstić information content (AvgIpc) is 1.67. The molecule has 0 aliphatic carbocycles. The molecule has 0 heterocycles. The molecular formula is C5H10OS2. The van der Waals surface area contributed by atoms with Crippen molar-refractivity contribution in [2.75, 3.05) is 5.08 Å². The Balaban J connectivity index is 3.33. The molecule has 48 valence electrons. The molecule has 0 spiro atoms. The molecule has 0 aliphatic heterocycles. The lowest BCUT2D eigenvalue weighted by atomic mass is 10.3. The molecule has 0 aromatic heterocycles. The maximum Gasteiger partial charge on any atom is 0.192 e. The van der Waals surface area contributed by atoms with Gasteiger partial charge in [-0.2, -0.15) is 12.6 Å². The minimum Gasteiger partial charge on any atom is -0.287 e. The highest BCUT2D eigenvalue weighted by atomic mass is 32.2. The molecule has 1 nitrogen and oxygen atoms in total. The number of thioether (sulfide) groups is 1. The molecule has 0 rings (SSSR count). The second-order valence-corrected chi connectivity index (χ2v) is 3.47. The summed E-state index contributed by atoms with van der Waals surface area (Å²) in [6, 6.07) is 0. The van der Waals surface area contributed by atoms with Crippen molar-refractivity contribution < 1.29 is 4.79 Å². The van der Waals surface area contributed by atoms with Crippen LogP contribution < -0.4 is 0 Å². The van der Waals surface area contributed by atoms with Gasteiger partial charge in [-0.25, -0.2) is 0 Å². The van der Waals surface area contributed by atoms with E-state index in [2.05, 4.69) is 12.6 Å². The first-order valence-electron chi connectivity index (χ1n) is 2.46. The number of carbonyl (C=O) groups excluding carboxylic acids is 1. The van der Waals surface area contributed by atoms with Crippen LogP contribution in [-0.2, 0) is 4.79 Å². The third-order valence-electron chi connectivity index (χ3n) is 0.678. The van der Waals surface area contributed by atoms with Crippen LogP contribution in [0.25, 0.3) is 0 Å². The molecule has 0 unspecified atom stereocenters. The third-order valence-corrected chi connectivity index (χ3v) is 1.95. The number of thiol groups is 1. The molecule has 0 radical (unpaired) electrons. The summed E-state index contributed by atoms with van der Waals surface area (Å²) in [4.78, 5) is 10.7. The summed E-state index contributed by atoms with van der Waals surface area (Å²) in [5.74, 6) is 0.146. The Bertz CT molecular complexity index is 80.5. The largest absolute Gasteiger partial charge is 0.287 e. The van der Waals surface area contributed by atoms with Gasteiger partial charge < -0.3 is 0 Å². The Morgan fingerprint density at radius 3 is 2.38 bits per heavy atom. The summed E-state index contributed by atoms with van der Waals surface area (Å²) in [6.45, 7) is 3.78. The van der Waals surface area contributed by atoms with Crippen LogP contribution in [0, 0.1) is 5.92 Å². The van der Waals surface area contributed by atoms with Gasteiger partial charge in [0, 0.05) is 11.0 Å². The summed E-state index contributed by atoms with van der Waals surface area (Å²) < 4.78 is 0. The van der Waals surface area contributed by atoms with Crippen LogP contribution in [0.5, 0.6) is 0 Å². The zero-order valence-electron chi connectivity index (χ0n) is 5.05. The van der Waals surface area contributed by atoms with Crippen LogP contribution in [-0.4, -0.2) is 10.2 Å². The molecule has 0 fully saturated rings. The van der Waals surface area contributed by atoms with E-state index < -0.39 is 0 Å². The second-order valence-electron chi connectivity index (χ2n) is 1.75. The van der Waals surface area contributed by atoms with Gasteiger partial charge in [0.25, 0.3) is 0 Å². The molecule has 0 N–H and O–H groups in total. The first kappa shape index (κ1) is 8.37. The molecule has 0 saturated heterocycles. The number of hydrogen-bond acceptors (Lipinski definition) is 3. The van der Waals surface area contributed by atoms with Crippen molar-refractivity contribution in [1.82, 2.24) is 0 Å². The Kier molecular flexibility index (Phi) is 4.47. The Morgan fingerprint density at radius 1 is 1.75 bits per heavy atom. The minimum atomic E-state index is 0.146. The summed E-state index contributed by atoms with van der Waals surface area (Å²) in [7, 11) is 0. The highest BCUT2D eigenvalue weighted by Crippen LogP contribution is 2.10. The van der Waals surface area contributed by atoms with E-state index in [1.807, 2.05) is 13.8 Å². The van der Waals surface area contributed by atoms with Crippen molar-refractivity contribution in [3.63, 3.8) is 0 Å². The molecule has 0 atom stereocenters. The number of rotatable bonds is 2. The second kappa shape index (κ2) is 4.27. The van der Waals surface area contributed by atoms with E-state index in [9.17, 15) is 4.79 Å². The molecule has 3 heteroatoms. The van der Waals surface area contributed by atoms with Crippen molar-refractivity contribution in [1.29, 1.82) is 0 Å². The highest BCUT2D eigenvalue weighted by molar-refractivity contribution is 8.20. The molecule has 8 heavy (non-hydrogen) atoms. The lowest BCUT2D eigenvalue weighted by molar-refractivity contribution is -0.113. The molecule has 0 saturated carbocycles. The van der Waals surface area contributed by atoms with Gasteiger partial charge in [-0.3, -0.25) is 4.79 Å². The van der Waals surface area contributed by atoms with Gasteiger partial charge in [0.15, 0.2) is 5.12 Å². The SMILES string of the molecule is CC(C)C(=O)SCS. The van der Waals surface area contributed by atoms with Crippen molar-refractivity contribution in [2.24, 2.45) is 5.92 Å². The van der Waals surface area contributed by atoms with Gasteiger partial charge in [-0.1, -0.05) is 25.6 Å². The van der Waals surface area contributed by atoms with E-state index in [-0.39, 0.29) is 11.0 Å². The quantitative estimate of drug-likeness (QED) is 0.477. The number of hydrogen-bond donors (Lipinski definition) is 1. The number of carbonyl (C=O) groups is 1. The van der Waals surface area contributed by atoms with Gasteiger partial charge in [-0.15, -0.1) is 0 Å². The lowest BCUT2D eigenvalue weighted by Gasteiger charge is -1.97. The summed E-state index contributed by atoms with van der Waals surface area (Å²) in [6.07, 6.45) is 0. The molecule has 0 aromatic carbocycles. The predicted molar refractivity (Wildman–Crippen MR) is 41.3 cm³/mol. The first-order chi connectivity index (χ1) is 3.68. The van der Waals surface area contributed by atoms with E-state index in [1.165, 1.54) is 11.8 Å². The molecule has 0 aromatic rings. The fraction of sp³-hybridized carbons (Fsp3) is 0.800. The monoisotopic (exact) mass is 150 g/mol. The predicted octanol–water partition coefficient (Wildman–Crippen LogP) is 1.79. The maximum absolute atomic E-state index is 10.7. The lowest BCUT2D eigenvalue weighted by Crippen LogP contribution is -2.00. The van der Waals surface area contributed by atoms with Crippen LogP contribution in [0.2, 0.25) is 0 Å². The Hall–Kier alpha value is 0.370. The van der Waals surface area contributed by atoms with Gasteiger partial charge in [0.1, 0.15) is 0 Å². The topological polar surface area (TPSA) is 17.1 Å². The average molecular weight is 150 g/mol. The van der Waals surface area contributed by atoms with E-state index in [0.717, 1.165) is 0 Å². The van der Waals surface area contributed by atoms with Crippen LogP contribution in [0.1, 0.15) is 13.8 Å². The van der Waals surface area contributed by atoms with Gasteiger partial charge in [0.2, 0.25) is 0 Å². The normalized spacial score (nSPS) is 10.0. The van der Waals surface area contributed by atoms with Crippen LogP contribution in [0.15, 0.2) is 0 Å². The minimum absolute atomic E-state index is 0.146. The summed E-state index contributed by atoms with van der Waals surface area (Å²) in [5.41, 5.74) is 0. The van der Waals surface area contributed by atoms with Crippen molar-refractivity contribution in [2.45, 2.75) is 13.8 Å². The standard InChI is InChI=1S/C5H10OS2/c1-4(2)5(6)8-3-7/h4,7H,3H2,1-2H3. The fourth-order valence-corrected chi connectivity index (χ4v) is 1.07. The third kappa shape index (κ3) is 3.38. The Labute approximate surface area is 59.6 Å². The van der Waals surface area contributed by atoms with E-state index in [0.29, 0.717) is 5.08 Å². The van der Waals surface area contributed by atoms with Gasteiger partial charge >= 0.3 is 0 Å². The molecule has 0 amide bonds. The first-order valence-corrected chi connectivity index (χ1v) is 4.07. The van der Waals surface area contributed by atoms with E-state index in [1.54, 1.807) is 0 Å². The van der Waals surface area contributed by atoms with Crippen molar-refractivity contribution in [3.05, 3.63) is 0 Å². The fourth-order valence-electron chi connectivity index (χ4n) is 0.230. The van der Waals surface area contributed by atoms with Crippen LogP contribution in [0.4, 0.5) is 0 Å². The molecule has 0 aliphatic rings. The Morgan fingerprint density at radius 2 is 2.25 bits per heavy atom. The van der Waals surface area contributed by atoms with Crippen molar-refractivity contribution in [3.8, 4) is 0 Å². The molecular weight excluding hydrogens is 140 g/mol.